The van der Waals surface area contributed by atoms with Crippen molar-refractivity contribution in [3.63, 3.8) is 0 Å². The number of aliphatic carboxylic acids is 1. The molecule has 0 aliphatic carbocycles. The highest BCUT2D eigenvalue weighted by atomic mass is 35.5. The third-order valence-electron chi connectivity index (χ3n) is 4.82. The van der Waals surface area contributed by atoms with E-state index in [0.29, 0.717) is 0 Å². The first-order chi connectivity index (χ1) is 17.1. The Bertz CT molecular complexity index is 1430. The van der Waals surface area contributed by atoms with Crippen LogP contribution in [0.4, 0.5) is 4.39 Å². The monoisotopic (exact) mass is 533 g/mol. The number of carbonyl (C=O) groups excluding carboxylic acids is 1. The molecule has 2 aromatic carbocycles. The van der Waals surface area contributed by atoms with Gasteiger partial charge in [0.15, 0.2) is 18.3 Å². The molecule has 0 unspecified atom stereocenters. The number of carboxylic acids is 1. The highest BCUT2D eigenvalue weighted by Crippen LogP contribution is 2.35. The molecule has 0 amide bonds. The Morgan fingerprint density at radius 2 is 1.94 bits per heavy atom. The molecule has 1 heterocycles. The Morgan fingerprint density at radius 1 is 1.19 bits per heavy atom. The van der Waals surface area contributed by atoms with E-state index in [1.165, 1.54) is 43.3 Å². The molecule has 3 aromatic rings. The molecule has 3 rings (SSSR count). The van der Waals surface area contributed by atoms with Gasteiger partial charge in [0.2, 0.25) is 0 Å². The predicted molar refractivity (Wildman–Crippen MR) is 127 cm³/mol. The van der Waals surface area contributed by atoms with Gasteiger partial charge >= 0.3 is 11.9 Å². The summed E-state index contributed by atoms with van der Waals surface area (Å²) >= 11 is 12.1. The first-order valence-corrected chi connectivity index (χ1v) is 11.1. The summed E-state index contributed by atoms with van der Waals surface area (Å²) in [5.74, 6) is -2.91. The molecule has 0 aliphatic heterocycles. The van der Waals surface area contributed by atoms with Crippen LogP contribution in [0.2, 0.25) is 10.0 Å². The molecular formula is C24H18Cl2FN3O6. The van der Waals surface area contributed by atoms with Gasteiger partial charge in [0.05, 0.1) is 35.2 Å². The lowest BCUT2D eigenvalue weighted by atomic mass is 10.1. The lowest BCUT2D eigenvalue weighted by Crippen LogP contribution is -2.28. The molecule has 186 valence electrons. The summed E-state index contributed by atoms with van der Waals surface area (Å²) in [6.07, 6.45) is -0.829. The maximum atomic E-state index is 15.4. The predicted octanol–water partition coefficient (Wildman–Crippen LogP) is 4.62. The van der Waals surface area contributed by atoms with Gasteiger partial charge in [-0.25, -0.2) is 4.39 Å². The number of carbonyl (C=O) groups is 2. The molecule has 0 saturated carbocycles. The van der Waals surface area contributed by atoms with Crippen LogP contribution in [0, 0.1) is 24.1 Å². The third kappa shape index (κ3) is 6.81. The van der Waals surface area contributed by atoms with Gasteiger partial charge in [-0.15, -0.1) is 0 Å². The van der Waals surface area contributed by atoms with E-state index >= 15 is 4.39 Å². The van der Waals surface area contributed by atoms with Crippen LogP contribution in [0.5, 0.6) is 11.5 Å². The summed E-state index contributed by atoms with van der Waals surface area (Å²) in [6, 6.07) is 10.5. The lowest BCUT2D eigenvalue weighted by Gasteiger charge is -2.13. The minimum absolute atomic E-state index is 0.0166. The van der Waals surface area contributed by atoms with Gasteiger partial charge in [-0.3, -0.25) is 14.4 Å². The molecule has 0 aliphatic rings. The summed E-state index contributed by atoms with van der Waals surface area (Å²) in [7, 11) is 0. The van der Waals surface area contributed by atoms with Crippen LogP contribution < -0.4 is 10.3 Å². The number of aryl methyl sites for hydroxylation is 1. The number of nitriles is 1. The van der Waals surface area contributed by atoms with Gasteiger partial charge in [-0.05, 0) is 42.8 Å². The molecule has 36 heavy (non-hydrogen) atoms. The number of aromatic nitrogens is 2. The zero-order valence-electron chi connectivity index (χ0n) is 18.8. The molecule has 0 saturated heterocycles. The largest absolute Gasteiger partial charge is 0.481 e. The van der Waals surface area contributed by atoms with E-state index in [9.17, 15) is 14.4 Å². The number of hydrogen-bond acceptors (Lipinski definition) is 7. The minimum Gasteiger partial charge on any atom is -0.481 e. The lowest BCUT2D eigenvalue weighted by molar-refractivity contribution is -0.151. The first-order valence-electron chi connectivity index (χ1n) is 10.4. The summed E-state index contributed by atoms with van der Waals surface area (Å²) in [5.41, 5.74) is 0.397. The van der Waals surface area contributed by atoms with E-state index in [-0.39, 0.29) is 56.8 Å². The molecule has 1 aromatic heterocycles. The maximum absolute atomic E-state index is 15.4. The fourth-order valence-electron chi connectivity index (χ4n) is 3.14. The van der Waals surface area contributed by atoms with Gasteiger partial charge in [-0.1, -0.05) is 29.3 Å². The molecule has 0 bridgehead atoms. The zero-order chi connectivity index (χ0) is 26.4. The number of ether oxygens (including phenoxy) is 2. The number of carboxylic acid groups (broad SMARTS) is 1. The summed E-state index contributed by atoms with van der Waals surface area (Å²) in [5, 5.41) is 22.1. The number of nitrogens with zero attached hydrogens (tertiary/aromatic N) is 3. The Labute approximate surface area is 214 Å². The van der Waals surface area contributed by atoms with Crippen molar-refractivity contribution in [1.82, 2.24) is 9.78 Å². The van der Waals surface area contributed by atoms with E-state index in [2.05, 4.69) is 5.10 Å². The Hall–Kier alpha value is -3.94. The minimum atomic E-state index is -1.16. The zero-order valence-corrected chi connectivity index (χ0v) is 20.3. The second kappa shape index (κ2) is 11.7. The third-order valence-corrected chi connectivity index (χ3v) is 5.33. The average molecular weight is 534 g/mol. The number of rotatable bonds is 9. The van der Waals surface area contributed by atoms with Crippen molar-refractivity contribution in [2.45, 2.75) is 32.9 Å². The van der Waals surface area contributed by atoms with Gasteiger partial charge in [0, 0.05) is 17.0 Å². The Balaban J connectivity index is 1.84. The van der Waals surface area contributed by atoms with Crippen molar-refractivity contribution < 1.29 is 28.6 Å². The number of hydrogen-bond donors (Lipinski definition) is 1. The van der Waals surface area contributed by atoms with E-state index in [1.54, 1.807) is 0 Å². The average Bonchev–Trinajstić information content (AvgIpc) is 2.83. The smallest absolute Gasteiger partial charge is 0.308 e. The summed E-state index contributed by atoms with van der Waals surface area (Å²) in [4.78, 5) is 34.6. The van der Waals surface area contributed by atoms with Crippen LogP contribution in [0.3, 0.4) is 0 Å². The van der Waals surface area contributed by atoms with E-state index in [1.807, 2.05) is 6.07 Å². The standard InChI is InChI=1S/C24H18Cl2FN3O6/c1-13-6-17(29-30(24(13)34)12-35-21(33)5-4-20(31)32)9-15-2-3-19(26)23(22(15)27)36-18-8-14(11-28)7-16(25)10-18/h2-3,6-8,10H,4-5,9,12H2,1H3,(H,31,32). The molecular weight excluding hydrogens is 516 g/mol. The van der Waals surface area contributed by atoms with Gasteiger partial charge < -0.3 is 14.6 Å². The van der Waals surface area contributed by atoms with Crippen molar-refractivity contribution in [2.75, 3.05) is 0 Å². The highest BCUT2D eigenvalue weighted by molar-refractivity contribution is 6.32. The SMILES string of the molecule is Cc1cc(Cc2ccc(Cl)c(Oc3cc(Cl)cc(C#N)c3)c2F)nn(COC(=O)CCC(=O)O)c1=O. The summed E-state index contributed by atoms with van der Waals surface area (Å²) in [6.45, 7) is 0.994. The van der Waals surface area contributed by atoms with Crippen LogP contribution in [-0.4, -0.2) is 26.8 Å². The molecule has 0 spiro atoms. The molecule has 0 fully saturated rings. The van der Waals surface area contributed by atoms with Crippen molar-refractivity contribution in [1.29, 1.82) is 5.26 Å². The van der Waals surface area contributed by atoms with Gasteiger partial charge in [-0.2, -0.15) is 15.0 Å². The van der Waals surface area contributed by atoms with Gasteiger partial charge in [0.25, 0.3) is 5.56 Å². The highest BCUT2D eigenvalue weighted by Gasteiger charge is 2.18. The first kappa shape index (κ1) is 26.7. The van der Waals surface area contributed by atoms with Crippen molar-refractivity contribution in [2.24, 2.45) is 0 Å². The molecule has 0 radical (unpaired) electrons. The maximum Gasteiger partial charge on any atom is 0.308 e. The van der Waals surface area contributed by atoms with E-state index in [0.717, 1.165) is 4.68 Å². The van der Waals surface area contributed by atoms with Crippen LogP contribution in [0.25, 0.3) is 0 Å². The van der Waals surface area contributed by atoms with Crippen LogP contribution in [-0.2, 0) is 27.5 Å². The van der Waals surface area contributed by atoms with E-state index in [4.69, 9.17) is 43.0 Å². The fourth-order valence-corrected chi connectivity index (χ4v) is 3.54. The topological polar surface area (TPSA) is 132 Å². The second-order valence-corrected chi connectivity index (χ2v) is 8.42. The van der Waals surface area contributed by atoms with Crippen LogP contribution >= 0.6 is 23.2 Å². The number of esters is 1. The van der Waals surface area contributed by atoms with Gasteiger partial charge in [0.1, 0.15) is 5.75 Å². The molecule has 0 atom stereocenters. The van der Waals surface area contributed by atoms with Crippen LogP contribution in [0.1, 0.15) is 35.2 Å². The van der Waals surface area contributed by atoms with Crippen molar-refractivity contribution >= 4 is 35.1 Å². The summed E-state index contributed by atoms with van der Waals surface area (Å²) < 4.78 is 26.8. The molecule has 1 N–H and O–H groups in total. The number of benzene rings is 2. The second-order valence-electron chi connectivity index (χ2n) is 7.58. The van der Waals surface area contributed by atoms with Crippen molar-refractivity contribution in [3.05, 3.63) is 85.0 Å². The number of halogens is 3. The molecule has 12 heteroatoms. The van der Waals surface area contributed by atoms with Crippen LogP contribution in [0.15, 0.2) is 41.2 Å². The molecule has 9 nitrogen and oxygen atoms in total. The Kier molecular flexibility index (Phi) is 8.64. The quantitative estimate of drug-likeness (QED) is 0.394. The van der Waals surface area contributed by atoms with E-state index < -0.39 is 36.5 Å². The van der Waals surface area contributed by atoms with Crippen molar-refractivity contribution in [3.8, 4) is 17.6 Å². The Morgan fingerprint density at radius 3 is 2.64 bits per heavy atom. The fraction of sp³-hybridized carbons (Fsp3) is 0.208. The normalized spacial score (nSPS) is 10.5.